The van der Waals surface area contributed by atoms with Crippen LogP contribution in [0.3, 0.4) is 0 Å². The number of carboxylic acids is 1. The number of carbonyl (C=O) groups is 3. The van der Waals surface area contributed by atoms with Crippen molar-refractivity contribution < 1.29 is 24.2 Å². The molecule has 0 unspecified atom stereocenters. The summed E-state index contributed by atoms with van der Waals surface area (Å²) in [5.74, 6) is -2.03. The summed E-state index contributed by atoms with van der Waals surface area (Å²) in [7, 11) is 0. The fraction of sp³-hybridized carbons (Fsp3) is 0.312. The van der Waals surface area contributed by atoms with Gasteiger partial charge in [0.15, 0.2) is 0 Å². The fourth-order valence-corrected chi connectivity index (χ4v) is 3.84. The van der Waals surface area contributed by atoms with Crippen molar-refractivity contribution in [3.63, 3.8) is 0 Å². The Morgan fingerprint density at radius 1 is 1.25 bits per heavy atom. The van der Waals surface area contributed by atoms with Crippen molar-refractivity contribution in [1.29, 1.82) is 0 Å². The molecule has 2 heterocycles. The SMILES string of the molecule is CCOC(=O)c1c(-c2cccs2)csc1NC(=O)CCCC(=O)[O-]. The Hall–Kier alpha value is -2.19. The number of hydrogen-bond acceptors (Lipinski definition) is 7. The van der Waals surface area contributed by atoms with E-state index >= 15 is 0 Å². The lowest BCUT2D eigenvalue weighted by atomic mass is 10.1. The van der Waals surface area contributed by atoms with Crippen molar-refractivity contribution >= 4 is 45.5 Å². The van der Waals surface area contributed by atoms with E-state index in [1.165, 1.54) is 22.7 Å². The van der Waals surface area contributed by atoms with Crippen LogP contribution in [0.5, 0.6) is 0 Å². The van der Waals surface area contributed by atoms with Crippen molar-refractivity contribution in [2.45, 2.75) is 26.2 Å². The molecule has 24 heavy (non-hydrogen) atoms. The summed E-state index contributed by atoms with van der Waals surface area (Å²) in [6.07, 6.45) is 0.0532. The summed E-state index contributed by atoms with van der Waals surface area (Å²) in [5, 5.41) is 17.2. The van der Waals surface area contributed by atoms with Gasteiger partial charge < -0.3 is 20.0 Å². The van der Waals surface area contributed by atoms with Crippen LogP contribution in [0, 0.1) is 0 Å². The summed E-state index contributed by atoms with van der Waals surface area (Å²) in [6, 6.07) is 3.77. The fourth-order valence-electron chi connectivity index (χ4n) is 2.05. The Kier molecular flexibility index (Phi) is 6.51. The highest BCUT2D eigenvalue weighted by atomic mass is 32.1. The summed E-state index contributed by atoms with van der Waals surface area (Å²) < 4.78 is 5.09. The molecule has 0 fully saturated rings. The number of anilines is 1. The number of aliphatic carboxylic acids is 1. The van der Waals surface area contributed by atoms with Crippen LogP contribution >= 0.6 is 22.7 Å². The van der Waals surface area contributed by atoms with Gasteiger partial charge in [-0.2, -0.15) is 0 Å². The molecule has 0 aliphatic heterocycles. The number of hydrogen-bond donors (Lipinski definition) is 1. The normalized spacial score (nSPS) is 10.4. The number of nitrogens with one attached hydrogen (secondary N) is 1. The van der Waals surface area contributed by atoms with Crippen LogP contribution < -0.4 is 10.4 Å². The molecular weight excluding hydrogens is 350 g/mol. The van der Waals surface area contributed by atoms with Gasteiger partial charge in [-0.05, 0) is 31.2 Å². The van der Waals surface area contributed by atoms with Gasteiger partial charge in [0.1, 0.15) is 10.6 Å². The number of rotatable bonds is 8. The summed E-state index contributed by atoms with van der Waals surface area (Å²) in [6.45, 7) is 1.95. The number of ether oxygens (including phenoxy) is 1. The molecule has 1 N–H and O–H groups in total. The van der Waals surface area contributed by atoms with Crippen LogP contribution in [0.4, 0.5) is 5.00 Å². The lowest BCUT2D eigenvalue weighted by Gasteiger charge is -2.08. The summed E-state index contributed by atoms with van der Waals surface area (Å²) >= 11 is 2.73. The van der Waals surface area contributed by atoms with Crippen molar-refractivity contribution in [3.8, 4) is 10.4 Å². The molecular formula is C16H16NO5S2-. The number of carboxylic acid groups (broad SMARTS) is 1. The first-order valence-corrected chi connectivity index (χ1v) is 9.11. The third-order valence-electron chi connectivity index (χ3n) is 3.09. The van der Waals surface area contributed by atoms with E-state index in [2.05, 4.69) is 5.32 Å². The molecule has 2 aromatic rings. The zero-order valence-corrected chi connectivity index (χ0v) is 14.6. The smallest absolute Gasteiger partial charge is 0.341 e. The monoisotopic (exact) mass is 366 g/mol. The minimum atomic E-state index is -1.19. The van der Waals surface area contributed by atoms with E-state index in [0.29, 0.717) is 10.6 Å². The van der Waals surface area contributed by atoms with Crippen molar-refractivity contribution in [1.82, 2.24) is 0 Å². The van der Waals surface area contributed by atoms with Gasteiger partial charge in [0.2, 0.25) is 5.91 Å². The van der Waals surface area contributed by atoms with E-state index in [-0.39, 0.29) is 31.8 Å². The molecule has 0 aliphatic carbocycles. The standard InChI is InChI=1S/C16H17NO5S2/c1-2-22-16(21)14-10(11-5-4-8-23-11)9-24-15(14)17-12(18)6-3-7-13(19)20/h4-5,8-9H,2-3,6-7H2,1H3,(H,17,18)(H,19,20)/p-1. The van der Waals surface area contributed by atoms with Gasteiger partial charge in [-0.25, -0.2) is 4.79 Å². The van der Waals surface area contributed by atoms with Gasteiger partial charge in [-0.15, -0.1) is 22.7 Å². The lowest BCUT2D eigenvalue weighted by Crippen LogP contribution is -2.22. The maximum atomic E-state index is 12.3. The first kappa shape index (κ1) is 18.2. The molecule has 0 saturated heterocycles. The van der Waals surface area contributed by atoms with Crippen molar-refractivity contribution in [2.24, 2.45) is 0 Å². The molecule has 2 aromatic heterocycles. The second-order valence-corrected chi connectivity index (χ2v) is 6.65. The zero-order chi connectivity index (χ0) is 17.5. The largest absolute Gasteiger partial charge is 0.550 e. The molecule has 0 aromatic carbocycles. The molecule has 0 radical (unpaired) electrons. The Balaban J connectivity index is 2.18. The predicted octanol–water partition coefficient (Wildman–Crippen LogP) is 2.51. The highest BCUT2D eigenvalue weighted by Crippen LogP contribution is 2.38. The van der Waals surface area contributed by atoms with E-state index in [1.807, 2.05) is 17.5 Å². The highest BCUT2D eigenvalue weighted by molar-refractivity contribution is 7.17. The van der Waals surface area contributed by atoms with Crippen LogP contribution in [0.25, 0.3) is 10.4 Å². The van der Waals surface area contributed by atoms with E-state index < -0.39 is 11.9 Å². The molecule has 128 valence electrons. The van der Waals surface area contributed by atoms with E-state index in [4.69, 9.17) is 4.74 Å². The lowest BCUT2D eigenvalue weighted by molar-refractivity contribution is -0.305. The summed E-state index contributed by atoms with van der Waals surface area (Å²) in [5.41, 5.74) is 1.05. The minimum Gasteiger partial charge on any atom is -0.550 e. The maximum Gasteiger partial charge on any atom is 0.341 e. The number of carbonyl (C=O) groups excluding carboxylic acids is 3. The number of thiophene rings is 2. The molecule has 6 nitrogen and oxygen atoms in total. The third kappa shape index (κ3) is 4.65. The molecule has 1 amide bonds. The van der Waals surface area contributed by atoms with Gasteiger partial charge >= 0.3 is 5.97 Å². The van der Waals surface area contributed by atoms with Crippen LogP contribution in [0.15, 0.2) is 22.9 Å². The quantitative estimate of drug-likeness (QED) is 0.724. The molecule has 0 aliphatic rings. The zero-order valence-electron chi connectivity index (χ0n) is 13.0. The average molecular weight is 366 g/mol. The van der Waals surface area contributed by atoms with Gasteiger partial charge in [0.05, 0.1) is 6.61 Å². The van der Waals surface area contributed by atoms with E-state index in [1.54, 1.807) is 12.3 Å². The predicted molar refractivity (Wildman–Crippen MR) is 91.1 cm³/mol. The number of amides is 1. The van der Waals surface area contributed by atoms with Gasteiger partial charge in [-0.1, -0.05) is 6.07 Å². The van der Waals surface area contributed by atoms with Crippen LogP contribution in [-0.4, -0.2) is 24.5 Å². The van der Waals surface area contributed by atoms with Gasteiger partial charge in [0.25, 0.3) is 0 Å². The second kappa shape index (κ2) is 8.60. The van der Waals surface area contributed by atoms with Crippen LogP contribution in [-0.2, 0) is 14.3 Å². The Morgan fingerprint density at radius 2 is 2.04 bits per heavy atom. The molecule has 8 heteroatoms. The molecule has 0 spiro atoms. The maximum absolute atomic E-state index is 12.3. The first-order chi connectivity index (χ1) is 11.5. The Bertz CT molecular complexity index is 721. The van der Waals surface area contributed by atoms with Crippen LogP contribution in [0.2, 0.25) is 0 Å². The topological polar surface area (TPSA) is 95.5 Å². The van der Waals surface area contributed by atoms with Crippen molar-refractivity contribution in [3.05, 3.63) is 28.5 Å². The highest BCUT2D eigenvalue weighted by Gasteiger charge is 2.23. The third-order valence-corrected chi connectivity index (χ3v) is 4.89. The first-order valence-electron chi connectivity index (χ1n) is 7.35. The molecule has 2 rings (SSSR count). The molecule has 0 saturated carbocycles. The molecule has 0 bridgehead atoms. The van der Waals surface area contributed by atoms with Crippen LogP contribution in [0.1, 0.15) is 36.5 Å². The Morgan fingerprint density at radius 3 is 2.67 bits per heavy atom. The number of esters is 1. The van der Waals surface area contributed by atoms with Gasteiger partial charge in [0, 0.05) is 28.2 Å². The van der Waals surface area contributed by atoms with Crippen molar-refractivity contribution in [2.75, 3.05) is 11.9 Å². The second-order valence-electron chi connectivity index (χ2n) is 4.83. The van der Waals surface area contributed by atoms with E-state index in [9.17, 15) is 19.5 Å². The molecule has 0 atom stereocenters. The average Bonchev–Trinajstić information content (AvgIpc) is 3.15. The summed E-state index contributed by atoms with van der Waals surface area (Å²) in [4.78, 5) is 35.5. The Labute approximate surface area is 147 Å². The van der Waals surface area contributed by atoms with E-state index in [0.717, 1.165) is 10.4 Å². The minimum absolute atomic E-state index is 0.0441. The van der Waals surface area contributed by atoms with Gasteiger partial charge in [-0.3, -0.25) is 4.79 Å².